The van der Waals surface area contributed by atoms with E-state index < -0.39 is 0 Å². The van der Waals surface area contributed by atoms with Crippen molar-refractivity contribution in [1.82, 2.24) is 9.88 Å². The first-order valence-electron chi connectivity index (χ1n) is 9.03. The van der Waals surface area contributed by atoms with Gasteiger partial charge in [-0.1, -0.05) is 6.42 Å². The Bertz CT molecular complexity index is 721. The lowest BCUT2D eigenvalue weighted by atomic mass is 9.91. The van der Waals surface area contributed by atoms with E-state index in [-0.39, 0.29) is 5.82 Å². The largest absolute Gasteiger partial charge is 0.367 e. The highest BCUT2D eigenvalue weighted by atomic mass is 19.1. The van der Waals surface area contributed by atoms with E-state index in [4.69, 9.17) is 5.73 Å². The van der Waals surface area contributed by atoms with Crippen molar-refractivity contribution in [2.45, 2.75) is 31.7 Å². The first-order valence-corrected chi connectivity index (χ1v) is 9.03. The Morgan fingerprint density at radius 3 is 2.67 bits per heavy atom. The standard InChI is InChI=1S/C19H25FN4/c20-17-13-14(6-7-21)19(18-16(17)5-2-8-22-18)24-11-9-23(10-12-24)15-3-1-4-15/h2,5,8,13,15H,1,3-4,6-7,9-12,21H2. The van der Waals surface area contributed by atoms with E-state index >= 15 is 0 Å². The molecule has 4 rings (SSSR count). The van der Waals surface area contributed by atoms with Gasteiger partial charge in [0.15, 0.2) is 0 Å². The van der Waals surface area contributed by atoms with E-state index in [0.29, 0.717) is 18.4 Å². The quantitative estimate of drug-likeness (QED) is 0.937. The summed E-state index contributed by atoms with van der Waals surface area (Å²) in [4.78, 5) is 9.50. The summed E-state index contributed by atoms with van der Waals surface area (Å²) in [5, 5.41) is 0.606. The van der Waals surface area contributed by atoms with Gasteiger partial charge in [0.25, 0.3) is 0 Å². The minimum absolute atomic E-state index is 0.196. The van der Waals surface area contributed by atoms with Crippen LogP contribution in [0.1, 0.15) is 24.8 Å². The maximum atomic E-state index is 14.4. The highest BCUT2D eigenvalue weighted by Crippen LogP contribution is 2.33. The lowest BCUT2D eigenvalue weighted by Gasteiger charge is -2.44. The molecule has 1 saturated carbocycles. The van der Waals surface area contributed by atoms with E-state index in [0.717, 1.165) is 49.0 Å². The third kappa shape index (κ3) is 2.76. The maximum Gasteiger partial charge on any atom is 0.133 e. The zero-order chi connectivity index (χ0) is 16.5. The van der Waals surface area contributed by atoms with Crippen molar-refractivity contribution in [1.29, 1.82) is 0 Å². The van der Waals surface area contributed by atoms with Crippen molar-refractivity contribution in [3.05, 3.63) is 35.8 Å². The molecule has 1 saturated heterocycles. The van der Waals surface area contributed by atoms with E-state index in [1.807, 2.05) is 6.07 Å². The lowest BCUT2D eigenvalue weighted by Crippen LogP contribution is -2.52. The van der Waals surface area contributed by atoms with Gasteiger partial charge in [-0.2, -0.15) is 0 Å². The Morgan fingerprint density at radius 1 is 1.21 bits per heavy atom. The number of halogens is 1. The number of rotatable bonds is 4. The van der Waals surface area contributed by atoms with E-state index in [9.17, 15) is 4.39 Å². The maximum absolute atomic E-state index is 14.4. The fourth-order valence-electron chi connectivity index (χ4n) is 4.00. The Hall–Kier alpha value is -1.72. The van der Waals surface area contributed by atoms with Crippen LogP contribution in [0.15, 0.2) is 24.4 Å². The van der Waals surface area contributed by atoms with Crippen LogP contribution in [0, 0.1) is 5.82 Å². The van der Waals surface area contributed by atoms with E-state index in [1.54, 1.807) is 18.3 Å². The van der Waals surface area contributed by atoms with Crippen LogP contribution in [-0.2, 0) is 6.42 Å². The molecule has 2 aromatic rings. The molecule has 0 atom stereocenters. The van der Waals surface area contributed by atoms with Gasteiger partial charge in [-0.25, -0.2) is 4.39 Å². The SMILES string of the molecule is NCCc1cc(F)c2cccnc2c1N1CCN(C2CCC2)CC1. The van der Waals surface area contributed by atoms with Crippen molar-refractivity contribution in [2.24, 2.45) is 5.73 Å². The molecule has 1 aliphatic carbocycles. The van der Waals surface area contributed by atoms with Crippen molar-refractivity contribution in [2.75, 3.05) is 37.6 Å². The first kappa shape index (κ1) is 15.8. The summed E-state index contributed by atoms with van der Waals surface area (Å²) in [5.41, 5.74) is 8.62. The van der Waals surface area contributed by atoms with Gasteiger partial charge in [-0.05, 0) is 49.6 Å². The molecule has 0 bridgehead atoms. The fraction of sp³-hybridized carbons (Fsp3) is 0.526. The average Bonchev–Trinajstić information content (AvgIpc) is 2.55. The van der Waals surface area contributed by atoms with Crippen LogP contribution in [0.5, 0.6) is 0 Å². The monoisotopic (exact) mass is 328 g/mol. The van der Waals surface area contributed by atoms with Crippen LogP contribution in [0.25, 0.3) is 10.9 Å². The zero-order valence-corrected chi connectivity index (χ0v) is 14.0. The molecule has 1 aromatic carbocycles. The second-order valence-corrected chi connectivity index (χ2v) is 6.91. The van der Waals surface area contributed by atoms with Gasteiger partial charge in [-0.15, -0.1) is 0 Å². The topological polar surface area (TPSA) is 45.4 Å². The number of anilines is 1. The first-order chi connectivity index (χ1) is 11.8. The molecule has 4 nitrogen and oxygen atoms in total. The number of benzene rings is 1. The number of piperazine rings is 1. The number of hydrogen-bond acceptors (Lipinski definition) is 4. The molecule has 2 aliphatic rings. The van der Waals surface area contributed by atoms with Gasteiger partial charge in [0.1, 0.15) is 5.82 Å². The van der Waals surface area contributed by atoms with Crippen molar-refractivity contribution in [3.8, 4) is 0 Å². The third-order valence-electron chi connectivity index (χ3n) is 5.53. The molecule has 2 heterocycles. The van der Waals surface area contributed by atoms with Gasteiger partial charge in [0.2, 0.25) is 0 Å². The average molecular weight is 328 g/mol. The minimum atomic E-state index is -0.196. The zero-order valence-electron chi connectivity index (χ0n) is 14.0. The molecule has 0 amide bonds. The van der Waals surface area contributed by atoms with Crippen molar-refractivity contribution in [3.63, 3.8) is 0 Å². The second kappa shape index (κ2) is 6.65. The summed E-state index contributed by atoms with van der Waals surface area (Å²) in [7, 11) is 0. The van der Waals surface area contributed by atoms with Gasteiger partial charge in [0.05, 0.1) is 11.2 Å². The number of nitrogens with zero attached hydrogens (tertiary/aromatic N) is 3. The van der Waals surface area contributed by atoms with Crippen LogP contribution >= 0.6 is 0 Å². The third-order valence-corrected chi connectivity index (χ3v) is 5.53. The summed E-state index contributed by atoms with van der Waals surface area (Å²) in [6.45, 7) is 4.64. The van der Waals surface area contributed by atoms with Gasteiger partial charge in [-0.3, -0.25) is 9.88 Å². The van der Waals surface area contributed by atoms with Crippen LogP contribution in [0.4, 0.5) is 10.1 Å². The Labute approximate surface area is 142 Å². The highest BCUT2D eigenvalue weighted by molar-refractivity contribution is 5.93. The van der Waals surface area contributed by atoms with E-state index in [2.05, 4.69) is 14.8 Å². The minimum Gasteiger partial charge on any atom is -0.367 e. The van der Waals surface area contributed by atoms with Crippen LogP contribution in [0.2, 0.25) is 0 Å². The number of nitrogens with two attached hydrogens (primary N) is 1. The Balaban J connectivity index is 1.67. The molecule has 5 heteroatoms. The lowest BCUT2D eigenvalue weighted by molar-refractivity contribution is 0.120. The van der Waals surface area contributed by atoms with Crippen molar-refractivity contribution >= 4 is 16.6 Å². The fourth-order valence-corrected chi connectivity index (χ4v) is 4.00. The number of hydrogen-bond donors (Lipinski definition) is 1. The number of pyridine rings is 1. The molecule has 0 radical (unpaired) electrons. The van der Waals surface area contributed by atoms with Crippen LogP contribution in [0.3, 0.4) is 0 Å². The molecule has 24 heavy (non-hydrogen) atoms. The number of aromatic nitrogens is 1. The van der Waals surface area contributed by atoms with Gasteiger partial charge in [0, 0.05) is 43.8 Å². The summed E-state index contributed by atoms with van der Waals surface area (Å²) >= 11 is 0. The Kier molecular flexibility index (Phi) is 4.37. The van der Waals surface area contributed by atoms with Crippen LogP contribution < -0.4 is 10.6 Å². The molecule has 1 aliphatic heterocycles. The van der Waals surface area contributed by atoms with Gasteiger partial charge >= 0.3 is 0 Å². The highest BCUT2D eigenvalue weighted by Gasteiger charge is 2.29. The van der Waals surface area contributed by atoms with Crippen LogP contribution in [-0.4, -0.2) is 48.6 Å². The smallest absolute Gasteiger partial charge is 0.133 e. The molecule has 2 N–H and O–H groups in total. The molecular formula is C19H25FN4. The van der Waals surface area contributed by atoms with Gasteiger partial charge < -0.3 is 10.6 Å². The predicted molar refractivity (Wildman–Crippen MR) is 95.9 cm³/mol. The number of fused-ring (bicyclic) bond motifs is 1. The molecule has 0 spiro atoms. The summed E-state index contributed by atoms with van der Waals surface area (Å²) in [5.74, 6) is -0.196. The molecule has 128 valence electrons. The Morgan fingerprint density at radius 2 is 2.00 bits per heavy atom. The second-order valence-electron chi connectivity index (χ2n) is 6.91. The predicted octanol–water partition coefficient (Wildman–Crippen LogP) is 2.55. The normalized spacial score (nSPS) is 19.7. The molecule has 0 unspecified atom stereocenters. The summed E-state index contributed by atoms with van der Waals surface area (Å²) in [6.07, 6.45) is 6.50. The molecule has 1 aromatic heterocycles. The summed E-state index contributed by atoms with van der Waals surface area (Å²) < 4.78 is 14.4. The van der Waals surface area contributed by atoms with E-state index in [1.165, 1.54) is 19.3 Å². The molecular weight excluding hydrogens is 303 g/mol. The molecule has 2 fully saturated rings. The summed E-state index contributed by atoms with van der Waals surface area (Å²) in [6, 6.07) is 6.06. The van der Waals surface area contributed by atoms with Crippen molar-refractivity contribution < 1.29 is 4.39 Å².